The number of rotatable bonds is 6. The minimum Gasteiger partial charge on any atom is -0.491 e. The van der Waals surface area contributed by atoms with Crippen LogP contribution in [0.1, 0.15) is 22.8 Å². The number of benzene rings is 2. The fourth-order valence-electron chi connectivity index (χ4n) is 3.70. The van der Waals surface area contributed by atoms with Crippen LogP contribution in [0.3, 0.4) is 0 Å². The molecule has 2 aromatic rings. The van der Waals surface area contributed by atoms with Crippen molar-refractivity contribution in [3.05, 3.63) is 58.6 Å². The maximum absolute atomic E-state index is 13.4. The van der Waals surface area contributed by atoms with Crippen molar-refractivity contribution in [1.29, 1.82) is 0 Å². The molecular weight excluding hydrogens is 434 g/mol. The lowest BCUT2D eigenvalue weighted by Gasteiger charge is -2.23. The molecule has 0 radical (unpaired) electrons. The first-order valence-electron chi connectivity index (χ1n) is 10.4. The molecule has 0 aliphatic carbocycles. The summed E-state index contributed by atoms with van der Waals surface area (Å²) in [6.45, 7) is 2.99. The molecule has 9 heteroatoms. The fourth-order valence-corrected chi connectivity index (χ4v) is 3.95. The number of aliphatic hydroxyl groups excluding tert-OH is 1. The van der Waals surface area contributed by atoms with Crippen LogP contribution in [0.5, 0.6) is 5.75 Å². The maximum atomic E-state index is 13.4. The predicted molar refractivity (Wildman–Crippen MR) is 120 cm³/mol. The third-order valence-corrected chi connectivity index (χ3v) is 5.57. The van der Waals surface area contributed by atoms with Crippen LogP contribution in [0.4, 0.5) is 5.69 Å². The normalized spacial score (nSPS) is 18.0. The Morgan fingerprint density at radius 1 is 1.28 bits per heavy atom. The molecule has 1 N–H and O–H groups in total. The number of fused-ring (bicyclic) bond motifs is 1. The van der Waals surface area contributed by atoms with Crippen LogP contribution < -0.4 is 9.64 Å². The van der Waals surface area contributed by atoms with E-state index >= 15 is 0 Å². The van der Waals surface area contributed by atoms with Crippen LogP contribution in [0.25, 0.3) is 0 Å². The molecule has 0 saturated carbocycles. The zero-order chi connectivity index (χ0) is 22.7. The van der Waals surface area contributed by atoms with Crippen molar-refractivity contribution in [3.63, 3.8) is 0 Å². The molecule has 0 aromatic heterocycles. The van der Waals surface area contributed by atoms with Gasteiger partial charge in [-0.2, -0.15) is 0 Å². The smallest absolute Gasteiger partial charge is 0.260 e. The number of carbonyl (C=O) groups is 2. The summed E-state index contributed by atoms with van der Waals surface area (Å²) in [5.74, 6) is 0.393. The summed E-state index contributed by atoms with van der Waals surface area (Å²) < 4.78 is 11.0. The number of para-hydroxylation sites is 1. The van der Waals surface area contributed by atoms with Crippen LogP contribution in [0.2, 0.25) is 5.02 Å². The average Bonchev–Trinajstić information content (AvgIpc) is 3.13. The van der Waals surface area contributed by atoms with Gasteiger partial charge in [-0.25, -0.2) is 0 Å². The quantitative estimate of drug-likeness (QED) is 0.719. The standard InChI is InChI=1S/C23H24ClN3O5/c1-15-11-25-21(32-15)13-26-12-16-4-2-3-5-20(16)27(14-22(26)29)23(30)18-7-6-17(10-19(18)24)31-9-8-28/h2-7,10,15,28H,8-9,11-14H2,1H3. The summed E-state index contributed by atoms with van der Waals surface area (Å²) in [6.07, 6.45) is 0.00362. The second kappa shape index (κ2) is 9.58. The summed E-state index contributed by atoms with van der Waals surface area (Å²) in [6, 6.07) is 12.1. The zero-order valence-corrected chi connectivity index (χ0v) is 18.4. The molecule has 2 aliphatic heterocycles. The van der Waals surface area contributed by atoms with Gasteiger partial charge in [0, 0.05) is 12.2 Å². The molecule has 0 bridgehead atoms. The minimum atomic E-state index is -0.380. The summed E-state index contributed by atoms with van der Waals surface area (Å²) in [5, 5.41) is 9.12. The largest absolute Gasteiger partial charge is 0.491 e. The molecule has 168 valence electrons. The molecule has 2 aromatic carbocycles. The summed E-state index contributed by atoms with van der Waals surface area (Å²) >= 11 is 6.36. The van der Waals surface area contributed by atoms with Gasteiger partial charge in [-0.3, -0.25) is 19.5 Å². The molecular formula is C23H24ClN3O5. The molecule has 2 heterocycles. The number of hydrogen-bond acceptors (Lipinski definition) is 6. The van der Waals surface area contributed by atoms with Gasteiger partial charge in [0.1, 0.15) is 25.0 Å². The lowest BCUT2D eigenvalue weighted by Crippen LogP contribution is -2.42. The van der Waals surface area contributed by atoms with Crippen molar-refractivity contribution in [2.75, 3.05) is 37.7 Å². The van der Waals surface area contributed by atoms with Crippen LogP contribution in [0, 0.1) is 0 Å². The van der Waals surface area contributed by atoms with Gasteiger partial charge < -0.3 is 19.5 Å². The van der Waals surface area contributed by atoms with Crippen molar-refractivity contribution >= 4 is 35.0 Å². The highest BCUT2D eigenvalue weighted by Gasteiger charge is 2.32. The number of anilines is 1. The van der Waals surface area contributed by atoms with Gasteiger partial charge in [0.2, 0.25) is 11.8 Å². The second-order valence-electron chi connectivity index (χ2n) is 7.65. The third kappa shape index (κ3) is 4.71. The van der Waals surface area contributed by atoms with E-state index in [1.54, 1.807) is 17.0 Å². The number of aliphatic hydroxyl groups is 1. The SMILES string of the molecule is CC1CN=C(CN2Cc3ccccc3N(C(=O)c3ccc(OCCO)cc3Cl)CC2=O)O1. The monoisotopic (exact) mass is 457 g/mol. The molecule has 2 aliphatic rings. The van der Waals surface area contributed by atoms with E-state index in [2.05, 4.69) is 4.99 Å². The Balaban J connectivity index is 1.60. The van der Waals surface area contributed by atoms with Crippen molar-refractivity contribution in [3.8, 4) is 5.75 Å². The lowest BCUT2D eigenvalue weighted by atomic mass is 10.1. The van der Waals surface area contributed by atoms with Crippen LogP contribution in [-0.4, -0.2) is 66.7 Å². The van der Waals surface area contributed by atoms with E-state index in [0.717, 1.165) is 5.56 Å². The number of amides is 2. The molecule has 2 amide bonds. The topological polar surface area (TPSA) is 91.7 Å². The highest BCUT2D eigenvalue weighted by Crippen LogP contribution is 2.30. The van der Waals surface area contributed by atoms with Gasteiger partial charge >= 0.3 is 0 Å². The maximum Gasteiger partial charge on any atom is 0.260 e. The number of hydrogen-bond donors (Lipinski definition) is 1. The Hall–Kier alpha value is -3.10. The van der Waals surface area contributed by atoms with Gasteiger partial charge in [0.25, 0.3) is 5.91 Å². The van der Waals surface area contributed by atoms with Gasteiger partial charge in [0.05, 0.1) is 30.3 Å². The molecule has 1 atom stereocenters. The van der Waals surface area contributed by atoms with E-state index < -0.39 is 0 Å². The van der Waals surface area contributed by atoms with E-state index in [1.807, 2.05) is 31.2 Å². The molecule has 32 heavy (non-hydrogen) atoms. The number of halogens is 1. The number of carbonyl (C=O) groups excluding carboxylic acids is 2. The fraction of sp³-hybridized carbons (Fsp3) is 0.348. The summed E-state index contributed by atoms with van der Waals surface area (Å²) in [5.41, 5.74) is 1.77. The van der Waals surface area contributed by atoms with Crippen molar-refractivity contribution < 1.29 is 24.2 Å². The van der Waals surface area contributed by atoms with Gasteiger partial charge in [-0.1, -0.05) is 29.8 Å². The molecule has 4 rings (SSSR count). The summed E-state index contributed by atoms with van der Waals surface area (Å²) in [4.78, 5) is 34.0. The van der Waals surface area contributed by atoms with E-state index in [1.165, 1.54) is 11.0 Å². The van der Waals surface area contributed by atoms with Crippen molar-refractivity contribution in [2.24, 2.45) is 4.99 Å². The Morgan fingerprint density at radius 2 is 2.09 bits per heavy atom. The predicted octanol–water partition coefficient (Wildman–Crippen LogP) is 2.52. The number of nitrogens with zero attached hydrogens (tertiary/aromatic N) is 3. The molecule has 8 nitrogen and oxygen atoms in total. The van der Waals surface area contributed by atoms with E-state index in [0.29, 0.717) is 30.4 Å². The first-order valence-corrected chi connectivity index (χ1v) is 10.7. The van der Waals surface area contributed by atoms with Crippen molar-refractivity contribution in [1.82, 2.24) is 4.90 Å². The van der Waals surface area contributed by atoms with Gasteiger partial charge in [0.15, 0.2) is 0 Å². The highest BCUT2D eigenvalue weighted by atomic mass is 35.5. The number of ether oxygens (including phenoxy) is 2. The number of aliphatic imine (C=N–C) groups is 1. The Morgan fingerprint density at radius 3 is 2.81 bits per heavy atom. The van der Waals surface area contributed by atoms with Crippen LogP contribution >= 0.6 is 11.6 Å². The first-order chi connectivity index (χ1) is 15.5. The zero-order valence-electron chi connectivity index (χ0n) is 17.7. The Bertz CT molecular complexity index is 1060. The molecule has 1 unspecified atom stereocenters. The van der Waals surface area contributed by atoms with Gasteiger partial charge in [-0.15, -0.1) is 0 Å². The van der Waals surface area contributed by atoms with E-state index in [-0.39, 0.29) is 54.8 Å². The Labute approximate surface area is 191 Å². The minimum absolute atomic E-state index is 0.00362. The van der Waals surface area contributed by atoms with Crippen LogP contribution in [0.15, 0.2) is 47.5 Å². The average molecular weight is 458 g/mol. The third-order valence-electron chi connectivity index (χ3n) is 5.25. The molecule has 0 saturated heterocycles. The molecule has 0 spiro atoms. The Kier molecular flexibility index (Phi) is 6.62. The van der Waals surface area contributed by atoms with E-state index in [9.17, 15) is 9.59 Å². The second-order valence-corrected chi connectivity index (χ2v) is 8.05. The summed E-state index contributed by atoms with van der Waals surface area (Å²) in [7, 11) is 0. The lowest BCUT2D eigenvalue weighted by molar-refractivity contribution is -0.129. The van der Waals surface area contributed by atoms with E-state index in [4.69, 9.17) is 26.2 Å². The highest BCUT2D eigenvalue weighted by molar-refractivity contribution is 6.34. The van der Waals surface area contributed by atoms with Gasteiger partial charge in [-0.05, 0) is 36.8 Å². The van der Waals surface area contributed by atoms with Crippen molar-refractivity contribution in [2.45, 2.75) is 19.6 Å². The first kappa shape index (κ1) is 22.1. The molecule has 0 fully saturated rings. The van der Waals surface area contributed by atoms with Crippen LogP contribution in [-0.2, 0) is 16.1 Å².